The van der Waals surface area contributed by atoms with Crippen molar-refractivity contribution < 1.29 is 9.53 Å². The molecule has 0 radical (unpaired) electrons. The van der Waals surface area contributed by atoms with Gasteiger partial charge in [0.15, 0.2) is 5.78 Å². The van der Waals surface area contributed by atoms with Crippen molar-refractivity contribution in [2.75, 3.05) is 5.75 Å². The lowest BCUT2D eigenvalue weighted by Gasteiger charge is -2.10. The highest BCUT2D eigenvalue weighted by atomic mass is 79.9. The van der Waals surface area contributed by atoms with Crippen LogP contribution in [0.4, 0.5) is 0 Å². The molecule has 0 N–H and O–H groups in total. The highest BCUT2D eigenvalue weighted by Crippen LogP contribution is 2.22. The van der Waals surface area contributed by atoms with Gasteiger partial charge in [-0.2, -0.15) is 0 Å². The van der Waals surface area contributed by atoms with Gasteiger partial charge in [-0.3, -0.25) is 4.79 Å². The van der Waals surface area contributed by atoms with Gasteiger partial charge in [0, 0.05) is 14.9 Å². The zero-order valence-electron chi connectivity index (χ0n) is 12.0. The number of halogens is 1. The minimum Gasteiger partial charge on any atom is -0.491 e. The first-order chi connectivity index (χ1) is 10.0. The van der Waals surface area contributed by atoms with Crippen molar-refractivity contribution in [3.05, 3.63) is 58.6 Å². The van der Waals surface area contributed by atoms with Crippen LogP contribution >= 0.6 is 27.7 Å². The largest absolute Gasteiger partial charge is 0.491 e. The number of benzene rings is 2. The Morgan fingerprint density at radius 1 is 1.19 bits per heavy atom. The van der Waals surface area contributed by atoms with Crippen molar-refractivity contribution in [2.45, 2.75) is 24.8 Å². The van der Waals surface area contributed by atoms with Crippen molar-refractivity contribution in [3.63, 3.8) is 0 Å². The molecule has 21 heavy (non-hydrogen) atoms. The molecule has 0 amide bonds. The molecule has 0 aromatic heterocycles. The van der Waals surface area contributed by atoms with E-state index >= 15 is 0 Å². The molecular formula is C17H17BrO2S. The van der Waals surface area contributed by atoms with E-state index < -0.39 is 0 Å². The standard InChI is InChI=1S/C17H17BrO2S/c1-12(2)20-15-5-3-4-13(10-15)17(19)11-21-16-8-6-14(18)7-9-16/h3-10,12H,11H2,1-2H3. The number of Topliss-reactive ketones (excluding diaryl/α,β-unsaturated/α-hetero) is 1. The van der Waals surface area contributed by atoms with Crippen molar-refractivity contribution >= 4 is 33.5 Å². The van der Waals surface area contributed by atoms with Gasteiger partial charge in [0.05, 0.1) is 11.9 Å². The van der Waals surface area contributed by atoms with Gasteiger partial charge in [-0.05, 0) is 50.2 Å². The summed E-state index contributed by atoms with van der Waals surface area (Å²) in [6.07, 6.45) is 0.104. The Balaban J connectivity index is 1.98. The summed E-state index contributed by atoms with van der Waals surface area (Å²) in [7, 11) is 0. The van der Waals surface area contributed by atoms with E-state index in [0.29, 0.717) is 11.3 Å². The van der Waals surface area contributed by atoms with E-state index in [1.54, 1.807) is 11.8 Å². The third kappa shape index (κ3) is 5.21. The van der Waals surface area contributed by atoms with Crippen LogP contribution in [0.3, 0.4) is 0 Å². The zero-order chi connectivity index (χ0) is 15.2. The molecule has 0 saturated heterocycles. The van der Waals surface area contributed by atoms with Gasteiger partial charge in [-0.15, -0.1) is 11.8 Å². The highest BCUT2D eigenvalue weighted by molar-refractivity contribution is 9.10. The molecule has 2 rings (SSSR count). The third-order valence-corrected chi connectivity index (χ3v) is 4.25. The number of hydrogen-bond donors (Lipinski definition) is 0. The summed E-state index contributed by atoms with van der Waals surface area (Å²) in [6.45, 7) is 3.94. The molecule has 0 bridgehead atoms. The number of carbonyl (C=O) groups excluding carboxylic acids is 1. The molecule has 0 unspecified atom stereocenters. The van der Waals surface area contributed by atoms with Gasteiger partial charge in [0.25, 0.3) is 0 Å². The number of hydrogen-bond acceptors (Lipinski definition) is 3. The van der Waals surface area contributed by atoms with Crippen molar-refractivity contribution in [1.29, 1.82) is 0 Å². The summed E-state index contributed by atoms with van der Waals surface area (Å²) < 4.78 is 6.66. The molecule has 0 fully saturated rings. The molecule has 0 aliphatic carbocycles. The minimum absolute atomic E-state index is 0.104. The lowest BCUT2D eigenvalue weighted by molar-refractivity contribution is 0.102. The molecule has 2 aromatic carbocycles. The lowest BCUT2D eigenvalue weighted by Crippen LogP contribution is -2.07. The molecule has 0 heterocycles. The second kappa shape index (κ2) is 7.66. The molecule has 0 aliphatic heterocycles. The van der Waals surface area contributed by atoms with Crippen molar-refractivity contribution in [2.24, 2.45) is 0 Å². The van der Waals surface area contributed by atoms with Crippen molar-refractivity contribution in [1.82, 2.24) is 0 Å². The van der Waals surface area contributed by atoms with Crippen LogP contribution < -0.4 is 4.74 Å². The van der Waals surface area contributed by atoms with Crippen LogP contribution in [0.25, 0.3) is 0 Å². The lowest BCUT2D eigenvalue weighted by atomic mass is 10.1. The fraction of sp³-hybridized carbons (Fsp3) is 0.235. The van der Waals surface area contributed by atoms with E-state index in [9.17, 15) is 4.79 Å². The molecule has 110 valence electrons. The number of ketones is 1. The van der Waals surface area contributed by atoms with Crippen LogP contribution in [0.2, 0.25) is 0 Å². The van der Waals surface area contributed by atoms with E-state index in [4.69, 9.17) is 4.74 Å². The summed E-state index contributed by atoms with van der Waals surface area (Å²) in [5.74, 6) is 1.27. The second-order valence-electron chi connectivity index (χ2n) is 4.86. The van der Waals surface area contributed by atoms with Crippen LogP contribution in [-0.2, 0) is 0 Å². The Morgan fingerprint density at radius 3 is 2.57 bits per heavy atom. The van der Waals surface area contributed by atoms with Crippen LogP contribution in [0.1, 0.15) is 24.2 Å². The molecule has 0 spiro atoms. The van der Waals surface area contributed by atoms with E-state index in [0.717, 1.165) is 15.1 Å². The van der Waals surface area contributed by atoms with E-state index in [-0.39, 0.29) is 11.9 Å². The number of carbonyl (C=O) groups is 1. The van der Waals surface area contributed by atoms with E-state index in [2.05, 4.69) is 15.9 Å². The Bertz CT molecular complexity index is 608. The quantitative estimate of drug-likeness (QED) is 0.519. The normalized spacial score (nSPS) is 10.7. The summed E-state index contributed by atoms with van der Waals surface area (Å²) in [4.78, 5) is 13.3. The van der Waals surface area contributed by atoms with Crippen LogP contribution in [0, 0.1) is 0 Å². The number of rotatable bonds is 6. The third-order valence-electron chi connectivity index (χ3n) is 2.71. The average Bonchev–Trinajstić information content (AvgIpc) is 2.46. The fourth-order valence-electron chi connectivity index (χ4n) is 1.78. The minimum atomic E-state index is 0.104. The maximum Gasteiger partial charge on any atom is 0.173 e. The summed E-state index contributed by atoms with van der Waals surface area (Å²) >= 11 is 4.94. The predicted octanol–water partition coefficient (Wildman–Crippen LogP) is 5.21. The summed E-state index contributed by atoms with van der Waals surface area (Å²) in [6, 6.07) is 15.3. The zero-order valence-corrected chi connectivity index (χ0v) is 14.4. The maximum absolute atomic E-state index is 12.2. The molecule has 0 aliphatic rings. The molecular weight excluding hydrogens is 348 g/mol. The monoisotopic (exact) mass is 364 g/mol. The van der Waals surface area contributed by atoms with E-state index in [1.165, 1.54) is 0 Å². The Kier molecular flexibility index (Phi) is 5.88. The van der Waals surface area contributed by atoms with Crippen LogP contribution in [-0.4, -0.2) is 17.6 Å². The molecule has 2 aromatic rings. The topological polar surface area (TPSA) is 26.3 Å². The maximum atomic E-state index is 12.2. The molecule has 0 saturated carbocycles. The van der Waals surface area contributed by atoms with Gasteiger partial charge in [0.2, 0.25) is 0 Å². The Hall–Kier alpha value is -1.26. The van der Waals surface area contributed by atoms with Crippen molar-refractivity contribution in [3.8, 4) is 5.75 Å². The summed E-state index contributed by atoms with van der Waals surface area (Å²) in [5, 5.41) is 0. The molecule has 4 heteroatoms. The van der Waals surface area contributed by atoms with Gasteiger partial charge in [-0.25, -0.2) is 0 Å². The molecule has 2 nitrogen and oxygen atoms in total. The SMILES string of the molecule is CC(C)Oc1cccc(C(=O)CSc2ccc(Br)cc2)c1. The van der Waals surface area contributed by atoms with Crippen LogP contribution in [0.5, 0.6) is 5.75 Å². The Morgan fingerprint density at radius 2 is 1.90 bits per heavy atom. The van der Waals surface area contributed by atoms with Gasteiger partial charge >= 0.3 is 0 Å². The van der Waals surface area contributed by atoms with Gasteiger partial charge in [0.1, 0.15) is 5.75 Å². The average molecular weight is 365 g/mol. The Labute approximate surface area is 138 Å². The van der Waals surface area contributed by atoms with Gasteiger partial charge < -0.3 is 4.74 Å². The fourth-order valence-corrected chi connectivity index (χ4v) is 2.84. The summed E-state index contributed by atoms with van der Waals surface area (Å²) in [5.41, 5.74) is 0.692. The van der Waals surface area contributed by atoms with Gasteiger partial charge in [-0.1, -0.05) is 28.1 Å². The first-order valence-corrected chi connectivity index (χ1v) is 8.51. The van der Waals surface area contributed by atoms with Crippen LogP contribution in [0.15, 0.2) is 57.9 Å². The smallest absolute Gasteiger partial charge is 0.173 e. The second-order valence-corrected chi connectivity index (χ2v) is 6.82. The van der Waals surface area contributed by atoms with E-state index in [1.807, 2.05) is 62.4 Å². The number of ether oxygens (including phenoxy) is 1. The first kappa shape index (κ1) is 16.1. The first-order valence-electron chi connectivity index (χ1n) is 6.73. The highest BCUT2D eigenvalue weighted by Gasteiger charge is 2.08. The number of thioether (sulfide) groups is 1. The molecule has 0 atom stereocenters. The predicted molar refractivity (Wildman–Crippen MR) is 91.4 cm³/mol.